The van der Waals surface area contributed by atoms with Crippen molar-refractivity contribution in [2.75, 3.05) is 2.43 Å². The summed E-state index contributed by atoms with van der Waals surface area (Å²) in [6.45, 7) is 0. The predicted octanol–water partition coefficient (Wildman–Crippen LogP) is 2.40. The van der Waals surface area contributed by atoms with E-state index < -0.39 is 15.8 Å². The Morgan fingerprint density at radius 1 is 1.67 bits per heavy atom. The Bertz CT molecular complexity index is 61.9. The molecule has 1 heterocycles. The zero-order valence-corrected chi connectivity index (χ0v) is 12.1. The van der Waals surface area contributed by atoms with Gasteiger partial charge in [-0.3, -0.25) is 0 Å². The maximum absolute atomic E-state index is 10.6. The van der Waals surface area contributed by atoms with Gasteiger partial charge in [-0.1, -0.05) is 0 Å². The molecule has 1 unspecified atom stereocenters. The molecule has 5 heteroatoms. The molecular formula is CH6I4O. The van der Waals surface area contributed by atoms with Crippen molar-refractivity contribution in [3.05, 3.63) is 0 Å². The van der Waals surface area contributed by atoms with Crippen LogP contribution < -0.4 is 0 Å². The topological polar surface area (TPSA) is 17.1 Å². The Labute approximate surface area is 63.1 Å². The molecule has 1 saturated heterocycles. The Morgan fingerprint density at radius 2 is 2.50 bits per heavy atom. The second-order valence-corrected chi connectivity index (χ2v) is 60.8. The molecule has 1 nitrogen and oxygen atoms in total. The average molecular weight is 542 g/mol. The van der Waals surface area contributed by atoms with Crippen LogP contribution >= 0.6 is 59.6 Å². The van der Waals surface area contributed by atoms with E-state index in [0.717, 1.165) is 0 Å². The van der Waals surface area contributed by atoms with Crippen molar-refractivity contribution < 1.29 is 3.07 Å². The maximum atomic E-state index is 10.6. The Balaban J connectivity index is 2.37. The minimum atomic E-state index is -1.30. The van der Waals surface area contributed by atoms with Crippen molar-refractivity contribution in [3.8, 4) is 0 Å². The molecule has 1 atom stereocenters. The minimum absolute atomic E-state index is 0.335. The second kappa shape index (κ2) is 3.69. The fraction of sp³-hybridized carbons (Fsp3) is 1.00. The van der Waals surface area contributed by atoms with Crippen LogP contribution in [-0.4, -0.2) is 2.43 Å². The van der Waals surface area contributed by atoms with Gasteiger partial charge in [-0.05, 0) is 0 Å². The second-order valence-electron chi connectivity index (χ2n) is 0.676. The molecule has 0 aromatic rings. The van der Waals surface area contributed by atoms with Gasteiger partial charge in [0.25, 0.3) is 0 Å². The average Bonchev–Trinajstić information content (AvgIpc) is 1.86. The molecule has 1 aliphatic rings. The van der Waals surface area contributed by atoms with Crippen molar-refractivity contribution in [3.63, 3.8) is 0 Å². The van der Waals surface area contributed by atoms with Crippen LogP contribution in [-0.2, 0) is 3.07 Å². The monoisotopic (exact) mass is 542 g/mol. The summed E-state index contributed by atoms with van der Waals surface area (Å²) in [5.74, 6) is 0. The molecule has 0 amide bonds. The van der Waals surface area contributed by atoms with Gasteiger partial charge in [0, 0.05) is 0 Å². The van der Waals surface area contributed by atoms with E-state index in [1.807, 2.05) is 0 Å². The molecule has 44 valence electrons. The number of rotatable bonds is 0. The fourth-order valence-corrected chi connectivity index (χ4v) is 228. The molecule has 1 rings (SSSR count). The van der Waals surface area contributed by atoms with Crippen LogP contribution in [0.4, 0.5) is 0 Å². The number of halogens is 4. The SMILES string of the molecule is O=[IH]1C[IH][IH][IH]1. The van der Waals surface area contributed by atoms with E-state index in [0.29, 0.717) is 43.7 Å². The Kier molecular flexibility index (Phi) is 4.20. The molecule has 0 radical (unpaired) electrons. The molecule has 0 aromatic carbocycles. The normalized spacial score (nSPS) is 44.3. The predicted molar refractivity (Wildman–Crippen MR) is 67.2 cm³/mol. The van der Waals surface area contributed by atoms with Crippen molar-refractivity contribution in [1.29, 1.82) is 0 Å². The van der Waals surface area contributed by atoms with E-state index in [1.165, 1.54) is 2.43 Å². The Hall–Kier alpha value is 2.72. The first-order valence-corrected chi connectivity index (χ1v) is 27.5. The molecule has 0 bridgehead atoms. The van der Waals surface area contributed by atoms with Gasteiger partial charge in [0.2, 0.25) is 0 Å². The molecule has 0 saturated carbocycles. The number of hydrogen-bond acceptors (Lipinski definition) is 1. The number of alkyl halides is 2. The van der Waals surface area contributed by atoms with E-state index in [2.05, 4.69) is 0 Å². The first-order valence-electron chi connectivity index (χ1n) is 1.24. The zero-order valence-electron chi connectivity index (χ0n) is 2.75. The zero-order chi connectivity index (χ0) is 4.41. The summed E-state index contributed by atoms with van der Waals surface area (Å²) in [4.78, 5) is 0. The summed E-state index contributed by atoms with van der Waals surface area (Å²) in [5, 5.41) is 0. The van der Waals surface area contributed by atoms with Crippen molar-refractivity contribution in [2.24, 2.45) is 0 Å². The first kappa shape index (κ1) is 6.83. The Morgan fingerprint density at radius 3 is 2.67 bits per heavy atom. The molecule has 0 spiro atoms. The third-order valence-electron chi connectivity index (χ3n) is 0.296. The van der Waals surface area contributed by atoms with E-state index in [1.54, 1.807) is 0 Å². The van der Waals surface area contributed by atoms with Crippen LogP contribution in [0.1, 0.15) is 0 Å². The molecule has 1 fully saturated rings. The van der Waals surface area contributed by atoms with Crippen molar-refractivity contribution in [1.82, 2.24) is 0 Å². The van der Waals surface area contributed by atoms with E-state index >= 15 is 0 Å². The van der Waals surface area contributed by atoms with E-state index in [4.69, 9.17) is 0 Å². The van der Waals surface area contributed by atoms with E-state index in [-0.39, 0.29) is 0 Å². The molecule has 0 N–H and O–H groups in total. The third-order valence-corrected chi connectivity index (χ3v) is 125. The van der Waals surface area contributed by atoms with Gasteiger partial charge in [0.1, 0.15) is 0 Å². The van der Waals surface area contributed by atoms with Crippen LogP contribution in [0.25, 0.3) is 0 Å². The van der Waals surface area contributed by atoms with Gasteiger partial charge in [-0.15, -0.1) is 0 Å². The third kappa shape index (κ3) is 2.33. The summed E-state index contributed by atoms with van der Waals surface area (Å²) >= 11 is 0.128. The van der Waals surface area contributed by atoms with Crippen LogP contribution in [0.3, 0.4) is 0 Å². The van der Waals surface area contributed by atoms with Gasteiger partial charge >= 0.3 is 65.1 Å². The van der Waals surface area contributed by atoms with Crippen molar-refractivity contribution >= 4 is 59.6 Å². The summed E-state index contributed by atoms with van der Waals surface area (Å²) in [6.07, 6.45) is 0. The summed E-state index contributed by atoms with van der Waals surface area (Å²) in [7, 11) is 0. The summed E-state index contributed by atoms with van der Waals surface area (Å²) < 4.78 is 12.0. The van der Waals surface area contributed by atoms with Gasteiger partial charge < -0.3 is 0 Å². The molecule has 1 aliphatic heterocycles. The molecule has 0 aromatic heterocycles. The van der Waals surface area contributed by atoms with Crippen LogP contribution in [0.5, 0.6) is 0 Å². The molecule has 6 heavy (non-hydrogen) atoms. The van der Waals surface area contributed by atoms with Crippen LogP contribution in [0.15, 0.2) is 0 Å². The summed E-state index contributed by atoms with van der Waals surface area (Å²) in [6, 6.07) is 0. The molecule has 0 aliphatic carbocycles. The van der Waals surface area contributed by atoms with Gasteiger partial charge in [0.15, 0.2) is 0 Å². The van der Waals surface area contributed by atoms with E-state index in [9.17, 15) is 3.07 Å². The van der Waals surface area contributed by atoms with Crippen molar-refractivity contribution in [2.45, 2.75) is 0 Å². The standard InChI is InChI=1S/CH6I4O/c6-5-1-2-3-4-5/h2-5H,1H2. The fourth-order valence-electron chi connectivity index (χ4n) is 0.129. The summed E-state index contributed by atoms with van der Waals surface area (Å²) in [5.41, 5.74) is 0. The van der Waals surface area contributed by atoms with Gasteiger partial charge in [0.05, 0.1) is 0 Å². The quantitative estimate of drug-likeness (QED) is 0.340. The number of hydrogen-bond donors (Lipinski definition) is 0. The first-order chi connectivity index (χ1) is 2.89. The molecular weight excluding hydrogens is 536 g/mol. The van der Waals surface area contributed by atoms with Crippen LogP contribution in [0.2, 0.25) is 0 Å². The van der Waals surface area contributed by atoms with Gasteiger partial charge in [-0.25, -0.2) is 0 Å². The van der Waals surface area contributed by atoms with Crippen LogP contribution in [0, 0.1) is 0 Å². The van der Waals surface area contributed by atoms with Gasteiger partial charge in [-0.2, -0.15) is 0 Å².